The van der Waals surface area contributed by atoms with Gasteiger partial charge in [-0.3, -0.25) is 4.79 Å². The second-order valence-electron chi connectivity index (χ2n) is 6.13. The quantitative estimate of drug-likeness (QED) is 0.904. The normalized spacial score (nSPS) is 17.8. The molecule has 1 atom stereocenters. The predicted molar refractivity (Wildman–Crippen MR) is 94.3 cm³/mol. The Bertz CT molecular complexity index is 689. The molecule has 0 radical (unpaired) electrons. The molecule has 1 fully saturated rings. The van der Waals surface area contributed by atoms with Crippen molar-refractivity contribution < 1.29 is 19.4 Å². The minimum atomic E-state index is -0.629. The summed E-state index contributed by atoms with van der Waals surface area (Å²) >= 11 is 0. The lowest BCUT2D eigenvalue weighted by molar-refractivity contribution is -0.131. The number of aliphatic hydroxyl groups excluding tert-OH is 1. The Morgan fingerprint density at radius 3 is 2.76 bits per heavy atom. The highest BCUT2D eigenvalue weighted by molar-refractivity contribution is 5.79. The third-order valence-electron chi connectivity index (χ3n) is 4.15. The third-order valence-corrected chi connectivity index (χ3v) is 4.15. The van der Waals surface area contributed by atoms with E-state index >= 15 is 0 Å². The highest BCUT2D eigenvalue weighted by Gasteiger charge is 2.21. The fraction of sp³-hybridized carbons (Fsp3) is 0.350. The average molecular weight is 341 g/mol. The van der Waals surface area contributed by atoms with E-state index < -0.39 is 6.10 Å². The average Bonchev–Trinajstić information content (AvgIpc) is 2.86. The molecule has 0 spiro atoms. The summed E-state index contributed by atoms with van der Waals surface area (Å²) in [6, 6.07) is 17.5. The molecule has 2 aromatic rings. The monoisotopic (exact) mass is 341 g/mol. The molecule has 3 rings (SSSR count). The van der Waals surface area contributed by atoms with Gasteiger partial charge in [0.15, 0.2) is 0 Å². The largest absolute Gasteiger partial charge is 0.489 e. The number of para-hydroxylation sites is 1. The Hall–Kier alpha value is -2.37. The van der Waals surface area contributed by atoms with Gasteiger partial charge in [-0.1, -0.05) is 48.5 Å². The van der Waals surface area contributed by atoms with Gasteiger partial charge in [-0.05, 0) is 11.6 Å². The molecule has 1 aliphatic heterocycles. The van der Waals surface area contributed by atoms with Gasteiger partial charge >= 0.3 is 0 Å². The lowest BCUT2D eigenvalue weighted by Gasteiger charge is -2.22. The van der Waals surface area contributed by atoms with Gasteiger partial charge < -0.3 is 19.5 Å². The number of hydrogen-bond acceptors (Lipinski definition) is 4. The fourth-order valence-electron chi connectivity index (χ4n) is 2.82. The van der Waals surface area contributed by atoms with Gasteiger partial charge in [0.25, 0.3) is 0 Å². The number of carbonyl (C=O) groups excluding carboxylic acids is 1. The van der Waals surface area contributed by atoms with Crippen molar-refractivity contribution in [3.8, 4) is 5.75 Å². The first kappa shape index (κ1) is 17.5. The highest BCUT2D eigenvalue weighted by atomic mass is 16.5. The summed E-state index contributed by atoms with van der Waals surface area (Å²) in [7, 11) is 0. The van der Waals surface area contributed by atoms with Crippen LogP contribution in [0.2, 0.25) is 0 Å². The van der Waals surface area contributed by atoms with Crippen molar-refractivity contribution in [2.45, 2.75) is 19.1 Å². The lowest BCUT2D eigenvalue weighted by atomic mass is 10.1. The van der Waals surface area contributed by atoms with E-state index in [1.807, 2.05) is 54.6 Å². The van der Waals surface area contributed by atoms with Gasteiger partial charge in [-0.25, -0.2) is 0 Å². The van der Waals surface area contributed by atoms with Gasteiger partial charge in [0, 0.05) is 18.7 Å². The van der Waals surface area contributed by atoms with Crippen molar-refractivity contribution in [1.82, 2.24) is 4.90 Å². The summed E-state index contributed by atoms with van der Waals surface area (Å²) in [5.74, 6) is 0.687. The Morgan fingerprint density at radius 2 is 1.92 bits per heavy atom. The van der Waals surface area contributed by atoms with Crippen LogP contribution in [0.3, 0.4) is 0 Å². The molecular weight excluding hydrogens is 318 g/mol. The Kier molecular flexibility index (Phi) is 6.04. The van der Waals surface area contributed by atoms with Crippen LogP contribution in [0.15, 0.2) is 54.6 Å². The molecule has 0 saturated carbocycles. The number of benzene rings is 2. The van der Waals surface area contributed by atoms with Crippen molar-refractivity contribution >= 4 is 5.91 Å². The second kappa shape index (κ2) is 8.65. The Labute approximate surface area is 147 Å². The number of β-amino-alcohol motifs (C(OH)–C–C–N with tert-alkyl or cyclic N) is 1. The molecule has 1 saturated heterocycles. The molecular formula is C20H23NO4. The molecule has 0 bridgehead atoms. The van der Waals surface area contributed by atoms with Crippen molar-refractivity contribution in [2.75, 3.05) is 26.3 Å². The topological polar surface area (TPSA) is 59.0 Å². The van der Waals surface area contributed by atoms with Gasteiger partial charge in [0.2, 0.25) is 5.91 Å². The van der Waals surface area contributed by atoms with Crippen LogP contribution in [0.4, 0.5) is 0 Å². The highest BCUT2D eigenvalue weighted by Crippen LogP contribution is 2.21. The summed E-state index contributed by atoms with van der Waals surface area (Å²) in [6.07, 6.45) is -0.381. The molecule has 0 unspecified atom stereocenters. The zero-order chi connectivity index (χ0) is 17.5. The summed E-state index contributed by atoms with van der Waals surface area (Å²) < 4.78 is 11.2. The van der Waals surface area contributed by atoms with E-state index in [4.69, 9.17) is 9.47 Å². The van der Waals surface area contributed by atoms with Crippen LogP contribution in [0.5, 0.6) is 5.75 Å². The molecule has 132 valence electrons. The molecule has 1 amide bonds. The molecule has 5 heteroatoms. The van der Waals surface area contributed by atoms with E-state index in [-0.39, 0.29) is 18.9 Å². The number of rotatable bonds is 5. The Balaban J connectivity index is 1.64. The molecule has 25 heavy (non-hydrogen) atoms. The second-order valence-corrected chi connectivity index (χ2v) is 6.13. The lowest BCUT2D eigenvalue weighted by Crippen LogP contribution is -2.38. The van der Waals surface area contributed by atoms with Crippen molar-refractivity contribution in [3.63, 3.8) is 0 Å². The predicted octanol–water partition coefficient (Wildman–Crippen LogP) is 2.03. The molecule has 1 N–H and O–H groups in total. The zero-order valence-electron chi connectivity index (χ0n) is 14.1. The number of hydrogen-bond donors (Lipinski definition) is 1. The molecule has 1 heterocycles. The molecule has 5 nitrogen and oxygen atoms in total. The van der Waals surface area contributed by atoms with Gasteiger partial charge in [-0.2, -0.15) is 0 Å². The van der Waals surface area contributed by atoms with Gasteiger partial charge in [0.1, 0.15) is 12.4 Å². The summed E-state index contributed by atoms with van der Waals surface area (Å²) in [5, 5.41) is 9.80. The van der Waals surface area contributed by atoms with E-state index in [0.29, 0.717) is 32.1 Å². The smallest absolute Gasteiger partial charge is 0.227 e. The number of ether oxygens (including phenoxy) is 2. The fourth-order valence-corrected chi connectivity index (χ4v) is 2.82. The van der Waals surface area contributed by atoms with Gasteiger partial charge in [-0.15, -0.1) is 0 Å². The van der Waals surface area contributed by atoms with Crippen LogP contribution < -0.4 is 4.74 Å². The SMILES string of the molecule is O=C(Cc1ccccc1OCc1ccccc1)N1CCOC[C@H](O)C1. The molecule has 2 aromatic carbocycles. The minimum Gasteiger partial charge on any atom is -0.489 e. The zero-order valence-corrected chi connectivity index (χ0v) is 14.1. The van der Waals surface area contributed by atoms with Crippen LogP contribution in [0.25, 0.3) is 0 Å². The van der Waals surface area contributed by atoms with Crippen molar-refractivity contribution in [2.24, 2.45) is 0 Å². The van der Waals surface area contributed by atoms with E-state index in [1.54, 1.807) is 4.90 Å². The first-order valence-electron chi connectivity index (χ1n) is 8.50. The first-order chi connectivity index (χ1) is 12.2. The van der Waals surface area contributed by atoms with E-state index in [2.05, 4.69) is 0 Å². The van der Waals surface area contributed by atoms with Crippen LogP contribution in [0.1, 0.15) is 11.1 Å². The van der Waals surface area contributed by atoms with Crippen molar-refractivity contribution in [1.29, 1.82) is 0 Å². The van der Waals surface area contributed by atoms with E-state index in [9.17, 15) is 9.90 Å². The van der Waals surface area contributed by atoms with Crippen LogP contribution >= 0.6 is 0 Å². The first-order valence-corrected chi connectivity index (χ1v) is 8.50. The van der Waals surface area contributed by atoms with Crippen molar-refractivity contribution in [3.05, 3.63) is 65.7 Å². The standard InChI is InChI=1S/C20H23NO4/c22-18-13-21(10-11-24-15-18)20(23)12-17-8-4-5-9-19(17)25-14-16-6-2-1-3-7-16/h1-9,18,22H,10-15H2/t18-/m1/s1. The molecule has 0 aliphatic carbocycles. The maximum Gasteiger partial charge on any atom is 0.227 e. The number of carbonyl (C=O) groups is 1. The summed E-state index contributed by atoms with van der Waals surface area (Å²) in [4.78, 5) is 14.3. The summed E-state index contributed by atoms with van der Waals surface area (Å²) in [5.41, 5.74) is 1.93. The number of amides is 1. The van der Waals surface area contributed by atoms with Crippen LogP contribution in [-0.4, -0.2) is 48.3 Å². The maximum absolute atomic E-state index is 12.6. The minimum absolute atomic E-state index is 0.0275. The summed E-state index contributed by atoms with van der Waals surface area (Å²) in [6.45, 7) is 2.01. The third kappa shape index (κ3) is 5.05. The molecule has 1 aliphatic rings. The number of nitrogens with zero attached hydrogens (tertiary/aromatic N) is 1. The van der Waals surface area contributed by atoms with Crippen LogP contribution in [-0.2, 0) is 22.6 Å². The van der Waals surface area contributed by atoms with Crippen LogP contribution in [0, 0.1) is 0 Å². The van der Waals surface area contributed by atoms with E-state index in [1.165, 1.54) is 0 Å². The van der Waals surface area contributed by atoms with Gasteiger partial charge in [0.05, 0.1) is 25.7 Å². The Morgan fingerprint density at radius 1 is 1.16 bits per heavy atom. The van der Waals surface area contributed by atoms with E-state index in [0.717, 1.165) is 11.1 Å². The number of aliphatic hydroxyl groups is 1. The maximum atomic E-state index is 12.6. The molecule has 0 aromatic heterocycles.